The maximum absolute atomic E-state index is 14.4. The molecule has 6 rings (SSSR count). The summed E-state index contributed by atoms with van der Waals surface area (Å²) in [5, 5.41) is 4.62. The molecule has 17 heteroatoms. The second kappa shape index (κ2) is 14.9. The van der Waals surface area contributed by atoms with Gasteiger partial charge in [0.1, 0.15) is 35.1 Å². The first kappa shape index (κ1) is 39.2. The van der Waals surface area contributed by atoms with E-state index in [1.807, 2.05) is 0 Å². The molecule has 3 N–H and O–H groups in total. The normalized spacial score (nSPS) is 25.1. The number of alkyl carbamates (subject to hydrolysis) is 1. The summed E-state index contributed by atoms with van der Waals surface area (Å²) in [7, 11) is -3.93. The predicted octanol–water partition coefficient (Wildman–Crippen LogP) is 3.10. The lowest BCUT2D eigenvalue weighted by atomic mass is 9.92. The number of ether oxygens (including phenoxy) is 2. The zero-order valence-corrected chi connectivity index (χ0v) is 31.8. The van der Waals surface area contributed by atoms with Crippen molar-refractivity contribution in [2.45, 2.75) is 133 Å². The summed E-state index contributed by atoms with van der Waals surface area (Å²) >= 11 is 0. The molecule has 15 nitrogen and oxygen atoms in total. The SMILES string of the molecule is CCC1CC1(NC(=O)C1CC(OC(=O)N2Cc3cccc(F)c3C2)CN1C(=O)C(CCC(=O)C1=CCC1)NC(=O)OC(C)(C)C)C(=O)NS(=O)(=O)C1CC1. The van der Waals surface area contributed by atoms with Crippen LogP contribution in [-0.4, -0.2) is 95.0 Å². The molecule has 2 saturated carbocycles. The lowest BCUT2D eigenvalue weighted by Gasteiger charge is -2.30. The number of carbonyl (C=O) groups is 6. The summed E-state index contributed by atoms with van der Waals surface area (Å²) in [6.07, 6.45) is 1.54. The van der Waals surface area contributed by atoms with Crippen LogP contribution in [0.1, 0.15) is 96.6 Å². The van der Waals surface area contributed by atoms with Gasteiger partial charge in [-0.1, -0.05) is 31.6 Å². The Morgan fingerprint density at radius 2 is 1.81 bits per heavy atom. The Hall–Kier alpha value is -4.54. The molecule has 294 valence electrons. The minimum atomic E-state index is -3.93. The summed E-state index contributed by atoms with van der Waals surface area (Å²) < 4.78 is 53.1. The molecule has 5 unspecified atom stereocenters. The van der Waals surface area contributed by atoms with Gasteiger partial charge in [-0.2, -0.15) is 0 Å². The molecular weight excluding hydrogens is 725 g/mol. The second-order valence-electron chi connectivity index (χ2n) is 15.9. The largest absolute Gasteiger partial charge is 0.444 e. The van der Waals surface area contributed by atoms with Crippen molar-refractivity contribution in [2.24, 2.45) is 5.92 Å². The van der Waals surface area contributed by atoms with Crippen LogP contribution in [0.5, 0.6) is 0 Å². The number of likely N-dealkylation sites (tertiary alicyclic amines) is 1. The monoisotopic (exact) mass is 773 g/mol. The van der Waals surface area contributed by atoms with Gasteiger partial charge in [0.15, 0.2) is 5.78 Å². The number of amides is 5. The number of nitrogens with one attached hydrogen (secondary N) is 3. The van der Waals surface area contributed by atoms with Crippen molar-refractivity contribution in [1.82, 2.24) is 25.2 Å². The van der Waals surface area contributed by atoms with Gasteiger partial charge < -0.3 is 25.0 Å². The summed E-state index contributed by atoms with van der Waals surface area (Å²) in [5.41, 5.74) is -0.840. The molecule has 0 radical (unpaired) electrons. The van der Waals surface area contributed by atoms with Crippen LogP contribution in [0.4, 0.5) is 14.0 Å². The van der Waals surface area contributed by atoms with Crippen molar-refractivity contribution in [3.05, 3.63) is 46.8 Å². The van der Waals surface area contributed by atoms with E-state index in [-0.39, 0.29) is 57.0 Å². The van der Waals surface area contributed by atoms with E-state index in [1.54, 1.807) is 45.9 Å². The van der Waals surface area contributed by atoms with E-state index in [9.17, 15) is 41.6 Å². The highest BCUT2D eigenvalue weighted by atomic mass is 32.2. The third kappa shape index (κ3) is 8.55. The number of ketones is 1. The average Bonchev–Trinajstić information content (AvgIpc) is 3.95. The lowest BCUT2D eigenvalue weighted by Crippen LogP contribution is -2.58. The first-order valence-corrected chi connectivity index (χ1v) is 20.1. The fourth-order valence-electron chi connectivity index (χ4n) is 7.28. The van der Waals surface area contributed by atoms with Crippen molar-refractivity contribution < 1.29 is 51.0 Å². The number of hydrogen-bond donors (Lipinski definition) is 3. The maximum Gasteiger partial charge on any atom is 0.410 e. The first-order chi connectivity index (χ1) is 25.4. The number of hydrogen-bond acceptors (Lipinski definition) is 10. The maximum atomic E-state index is 14.4. The Kier molecular flexibility index (Phi) is 10.8. The number of nitrogens with zero attached hydrogens (tertiary/aromatic N) is 2. The van der Waals surface area contributed by atoms with Crippen LogP contribution in [0, 0.1) is 11.7 Å². The van der Waals surface area contributed by atoms with E-state index in [0.717, 1.165) is 11.3 Å². The zero-order valence-electron chi connectivity index (χ0n) is 30.9. The first-order valence-electron chi connectivity index (χ1n) is 18.5. The number of Topliss-reactive ketones (excluding diaryl/α,β-unsaturated/α-hetero) is 1. The third-order valence-electron chi connectivity index (χ3n) is 10.7. The van der Waals surface area contributed by atoms with Gasteiger partial charge in [-0.3, -0.25) is 28.8 Å². The molecule has 1 aromatic rings. The van der Waals surface area contributed by atoms with Gasteiger partial charge >= 0.3 is 12.2 Å². The number of rotatable bonds is 13. The van der Waals surface area contributed by atoms with E-state index in [1.165, 1.54) is 11.0 Å². The van der Waals surface area contributed by atoms with Crippen LogP contribution in [0.25, 0.3) is 0 Å². The number of allylic oxidation sites excluding steroid dienone is 2. The summed E-state index contributed by atoms with van der Waals surface area (Å²) in [6.45, 7) is 6.52. The molecule has 2 heterocycles. The predicted molar refractivity (Wildman–Crippen MR) is 190 cm³/mol. The van der Waals surface area contributed by atoms with Gasteiger partial charge in [-0.25, -0.2) is 22.4 Å². The zero-order chi connectivity index (χ0) is 39.2. The topological polar surface area (TPSA) is 198 Å². The fourth-order valence-corrected chi connectivity index (χ4v) is 8.65. The van der Waals surface area contributed by atoms with E-state index >= 15 is 0 Å². The molecule has 5 atom stereocenters. The highest BCUT2D eigenvalue weighted by Gasteiger charge is 2.62. The van der Waals surface area contributed by atoms with Crippen LogP contribution >= 0.6 is 0 Å². The Morgan fingerprint density at radius 1 is 1.09 bits per heavy atom. The standard InChI is InChI=1S/C37H48FN5O10S/c1-5-23-17-37(23,33(47)41-54(50,51)25-12-13-25)40-31(45)29-16-24(52-35(49)42-18-22-10-7-11-27(38)26(22)20-42)19-43(29)32(46)28(39-34(48)53-36(2,3)4)14-15-30(44)21-8-6-9-21/h7-8,10-11,23-25,28-29H,5-6,9,12-20H2,1-4H3,(H,39,48)(H,40,45)(H,41,47). The van der Waals surface area contributed by atoms with Crippen LogP contribution in [0.2, 0.25) is 0 Å². The number of benzene rings is 1. The van der Waals surface area contributed by atoms with E-state index in [0.29, 0.717) is 42.4 Å². The van der Waals surface area contributed by atoms with Crippen molar-refractivity contribution >= 4 is 45.7 Å². The minimum absolute atomic E-state index is 0.0354. The Bertz CT molecular complexity index is 1880. The molecule has 3 aliphatic carbocycles. The second-order valence-corrected chi connectivity index (χ2v) is 17.8. The molecule has 0 bridgehead atoms. The van der Waals surface area contributed by atoms with Crippen LogP contribution in [0.15, 0.2) is 29.8 Å². The highest BCUT2D eigenvalue weighted by molar-refractivity contribution is 7.91. The van der Waals surface area contributed by atoms with Gasteiger partial charge in [-0.15, -0.1) is 0 Å². The molecule has 0 spiro atoms. The molecule has 54 heavy (non-hydrogen) atoms. The quantitative estimate of drug-likeness (QED) is 0.268. The number of fused-ring (bicyclic) bond motifs is 1. The van der Waals surface area contributed by atoms with E-state index in [4.69, 9.17) is 9.47 Å². The Morgan fingerprint density at radius 3 is 2.41 bits per heavy atom. The molecule has 0 aromatic heterocycles. The summed E-state index contributed by atoms with van der Waals surface area (Å²) in [5.74, 6) is -3.39. The highest BCUT2D eigenvalue weighted by Crippen LogP contribution is 2.47. The van der Waals surface area contributed by atoms with Crippen LogP contribution < -0.4 is 15.4 Å². The van der Waals surface area contributed by atoms with Crippen LogP contribution in [0.3, 0.4) is 0 Å². The van der Waals surface area contributed by atoms with Gasteiger partial charge in [-0.05, 0) is 82.4 Å². The summed E-state index contributed by atoms with van der Waals surface area (Å²) in [6, 6.07) is 1.90. The van der Waals surface area contributed by atoms with E-state index < -0.39 is 80.3 Å². The Labute approximate surface area is 313 Å². The summed E-state index contributed by atoms with van der Waals surface area (Å²) in [4.78, 5) is 83.7. The molecule has 1 aromatic carbocycles. The number of carbonyl (C=O) groups excluding carboxylic acids is 6. The molecule has 5 amide bonds. The van der Waals surface area contributed by atoms with Gasteiger partial charge in [0.25, 0.3) is 5.91 Å². The molecule has 5 aliphatic rings. The fraction of sp³-hybridized carbons (Fsp3) is 0.622. The molecule has 1 saturated heterocycles. The van der Waals surface area contributed by atoms with Gasteiger partial charge in [0.2, 0.25) is 21.8 Å². The van der Waals surface area contributed by atoms with Crippen LogP contribution in [-0.2, 0) is 51.8 Å². The Balaban J connectivity index is 1.23. The van der Waals surface area contributed by atoms with Crippen molar-refractivity contribution in [3.8, 4) is 0 Å². The van der Waals surface area contributed by atoms with Gasteiger partial charge in [0, 0.05) is 24.9 Å². The van der Waals surface area contributed by atoms with E-state index in [2.05, 4.69) is 15.4 Å². The lowest BCUT2D eigenvalue weighted by molar-refractivity contribution is -0.141. The van der Waals surface area contributed by atoms with Gasteiger partial charge in [0.05, 0.1) is 18.3 Å². The molecule has 2 aliphatic heterocycles. The third-order valence-corrected chi connectivity index (χ3v) is 12.5. The van der Waals surface area contributed by atoms with Crippen molar-refractivity contribution in [2.75, 3.05) is 6.54 Å². The van der Waals surface area contributed by atoms with Crippen molar-refractivity contribution in [3.63, 3.8) is 0 Å². The number of halogens is 1. The minimum Gasteiger partial charge on any atom is -0.444 e. The average molecular weight is 774 g/mol. The van der Waals surface area contributed by atoms with Crippen molar-refractivity contribution in [1.29, 1.82) is 0 Å². The molecule has 3 fully saturated rings. The number of sulfonamides is 1. The smallest absolute Gasteiger partial charge is 0.410 e. The molecular formula is C37H48FN5O10S.